The molecule has 0 aliphatic carbocycles. The Balaban J connectivity index is 1.74. The van der Waals surface area contributed by atoms with Crippen molar-refractivity contribution in [1.82, 2.24) is 9.80 Å². The summed E-state index contributed by atoms with van der Waals surface area (Å²) < 4.78 is 10.8. The van der Waals surface area contributed by atoms with E-state index in [0.717, 1.165) is 10.4 Å². The zero-order valence-electron chi connectivity index (χ0n) is 22.1. The van der Waals surface area contributed by atoms with E-state index < -0.39 is 0 Å². The molecule has 2 aromatic carbocycles. The van der Waals surface area contributed by atoms with E-state index >= 15 is 0 Å². The van der Waals surface area contributed by atoms with Crippen LogP contribution in [0.4, 0.5) is 10.5 Å². The van der Waals surface area contributed by atoms with Crippen LogP contribution >= 0.6 is 34.5 Å². The molecule has 0 spiro atoms. The number of methoxy groups -OCH3 is 2. The fraction of sp³-hybridized carbons (Fsp3) is 0.357. The number of carbonyl (C=O) groups excluding carboxylic acids is 2. The highest BCUT2D eigenvalue weighted by Gasteiger charge is 2.22. The first-order valence-electron chi connectivity index (χ1n) is 12.3. The van der Waals surface area contributed by atoms with Gasteiger partial charge in [-0.1, -0.05) is 36.2 Å². The van der Waals surface area contributed by atoms with E-state index in [1.807, 2.05) is 44.2 Å². The molecular weight excluding hydrogens is 545 g/mol. The van der Waals surface area contributed by atoms with Gasteiger partial charge in [0.05, 0.1) is 30.8 Å². The Morgan fingerprint density at radius 3 is 2.32 bits per heavy atom. The van der Waals surface area contributed by atoms with Crippen molar-refractivity contribution in [3.8, 4) is 11.5 Å². The van der Waals surface area contributed by atoms with Crippen molar-refractivity contribution in [2.75, 3.05) is 39.2 Å². The van der Waals surface area contributed by atoms with Gasteiger partial charge in [0.2, 0.25) is 5.91 Å². The first kappa shape index (κ1) is 29.6. The van der Waals surface area contributed by atoms with Crippen molar-refractivity contribution in [1.29, 1.82) is 0 Å². The van der Waals surface area contributed by atoms with Crippen LogP contribution < -0.4 is 14.8 Å². The van der Waals surface area contributed by atoms with Crippen LogP contribution in [0, 0.1) is 6.92 Å². The summed E-state index contributed by atoms with van der Waals surface area (Å²) in [6, 6.07) is 14.3. The summed E-state index contributed by atoms with van der Waals surface area (Å²) in [5.74, 6) is 1.17. The molecule has 204 valence electrons. The Bertz CT molecular complexity index is 1250. The SMILES string of the molecule is CCCN(CC(=O)N(CCc1ccc(OC)c(OC)c1)Cc1ccc(C)s1)C(=O)Nc1ccc(Cl)c(Cl)c1. The molecule has 10 heteroatoms. The quantitative estimate of drug-likeness (QED) is 0.254. The third kappa shape index (κ3) is 8.28. The Hall–Kier alpha value is -2.94. The monoisotopic (exact) mass is 577 g/mol. The molecule has 0 aliphatic rings. The van der Waals surface area contributed by atoms with Gasteiger partial charge in [-0.15, -0.1) is 11.3 Å². The molecule has 0 saturated heterocycles. The van der Waals surface area contributed by atoms with Gasteiger partial charge in [-0.25, -0.2) is 4.79 Å². The Kier molecular flexibility index (Phi) is 11.1. The number of aryl methyl sites for hydroxylation is 1. The highest BCUT2D eigenvalue weighted by molar-refractivity contribution is 7.11. The number of nitrogens with zero attached hydrogens (tertiary/aromatic N) is 2. The van der Waals surface area contributed by atoms with Gasteiger partial charge in [-0.2, -0.15) is 0 Å². The largest absolute Gasteiger partial charge is 0.493 e. The summed E-state index contributed by atoms with van der Waals surface area (Å²) in [6.07, 6.45) is 1.33. The molecule has 3 amide bonds. The standard InChI is InChI=1S/C28H33Cl2N3O4S/c1-5-13-33(28(35)31-21-8-10-23(29)24(30)16-21)18-27(34)32(17-22-9-6-19(2)38-22)14-12-20-7-11-25(36-3)26(15-20)37-4/h6-11,15-16H,5,12-14,17-18H2,1-4H3,(H,31,35). The van der Waals surface area contributed by atoms with Crippen molar-refractivity contribution >= 4 is 52.2 Å². The summed E-state index contributed by atoms with van der Waals surface area (Å²) in [4.78, 5) is 32.2. The van der Waals surface area contributed by atoms with Gasteiger partial charge in [-0.05, 0) is 67.8 Å². The molecular formula is C28H33Cl2N3O4S. The van der Waals surface area contributed by atoms with Gasteiger partial charge in [0.1, 0.15) is 6.54 Å². The first-order chi connectivity index (χ1) is 18.2. The molecule has 1 aromatic heterocycles. The zero-order valence-corrected chi connectivity index (χ0v) is 24.4. The predicted octanol–water partition coefficient (Wildman–Crippen LogP) is 6.90. The lowest BCUT2D eigenvalue weighted by Crippen LogP contribution is -2.45. The Morgan fingerprint density at radius 1 is 0.921 bits per heavy atom. The molecule has 0 unspecified atom stereocenters. The summed E-state index contributed by atoms with van der Waals surface area (Å²) in [7, 11) is 3.20. The van der Waals surface area contributed by atoms with Crippen LogP contribution in [-0.2, 0) is 17.8 Å². The first-order valence-corrected chi connectivity index (χ1v) is 13.9. The van der Waals surface area contributed by atoms with E-state index in [0.29, 0.717) is 59.7 Å². The van der Waals surface area contributed by atoms with Crippen LogP contribution in [0.5, 0.6) is 11.5 Å². The second-order valence-corrected chi connectivity index (χ2v) is 10.9. The average molecular weight is 579 g/mol. The molecule has 38 heavy (non-hydrogen) atoms. The Labute approximate surface area is 238 Å². The number of anilines is 1. The van der Waals surface area contributed by atoms with Crippen molar-refractivity contribution in [3.05, 3.63) is 73.9 Å². The highest BCUT2D eigenvalue weighted by Crippen LogP contribution is 2.28. The maximum Gasteiger partial charge on any atom is 0.322 e. The van der Waals surface area contributed by atoms with Gasteiger partial charge in [0.15, 0.2) is 11.5 Å². The van der Waals surface area contributed by atoms with Crippen LogP contribution in [0.1, 0.15) is 28.7 Å². The minimum atomic E-state index is -0.370. The second kappa shape index (κ2) is 14.3. The van der Waals surface area contributed by atoms with E-state index in [4.69, 9.17) is 32.7 Å². The molecule has 0 saturated carbocycles. The van der Waals surface area contributed by atoms with Crippen LogP contribution in [0.15, 0.2) is 48.5 Å². The van der Waals surface area contributed by atoms with Crippen molar-refractivity contribution in [3.63, 3.8) is 0 Å². The molecule has 0 bridgehead atoms. The number of urea groups is 1. The summed E-state index contributed by atoms with van der Waals surface area (Å²) in [6.45, 7) is 5.35. The maximum atomic E-state index is 13.6. The van der Waals surface area contributed by atoms with E-state index in [2.05, 4.69) is 5.32 Å². The molecule has 1 N–H and O–H groups in total. The molecule has 0 atom stereocenters. The number of thiophene rings is 1. The van der Waals surface area contributed by atoms with E-state index in [9.17, 15) is 9.59 Å². The number of amides is 3. The van der Waals surface area contributed by atoms with E-state index in [-0.39, 0.29) is 18.5 Å². The number of ether oxygens (including phenoxy) is 2. The van der Waals surface area contributed by atoms with Gasteiger partial charge in [0.25, 0.3) is 0 Å². The zero-order chi connectivity index (χ0) is 27.7. The van der Waals surface area contributed by atoms with E-state index in [1.54, 1.807) is 48.7 Å². The fourth-order valence-corrected chi connectivity index (χ4v) is 5.12. The van der Waals surface area contributed by atoms with Gasteiger partial charge in [0, 0.05) is 28.5 Å². The van der Waals surface area contributed by atoms with Gasteiger partial charge in [-0.3, -0.25) is 4.79 Å². The van der Waals surface area contributed by atoms with Crippen LogP contribution in [0.2, 0.25) is 10.0 Å². The maximum absolute atomic E-state index is 13.6. The van der Waals surface area contributed by atoms with Gasteiger partial charge < -0.3 is 24.6 Å². The van der Waals surface area contributed by atoms with Crippen molar-refractivity contribution < 1.29 is 19.1 Å². The molecule has 3 rings (SSSR count). The number of carbonyl (C=O) groups is 2. The smallest absolute Gasteiger partial charge is 0.322 e. The minimum absolute atomic E-state index is 0.0444. The Morgan fingerprint density at radius 2 is 1.68 bits per heavy atom. The number of nitrogens with one attached hydrogen (secondary N) is 1. The fourth-order valence-electron chi connectivity index (χ4n) is 3.91. The lowest BCUT2D eigenvalue weighted by Gasteiger charge is -2.27. The summed E-state index contributed by atoms with van der Waals surface area (Å²) in [5.41, 5.74) is 1.53. The molecule has 7 nitrogen and oxygen atoms in total. The lowest BCUT2D eigenvalue weighted by atomic mass is 10.1. The van der Waals surface area contributed by atoms with Crippen LogP contribution in [0.25, 0.3) is 0 Å². The number of hydrogen-bond donors (Lipinski definition) is 1. The molecule has 0 radical (unpaired) electrons. The highest BCUT2D eigenvalue weighted by atomic mass is 35.5. The average Bonchev–Trinajstić information content (AvgIpc) is 3.32. The third-order valence-corrected chi connectivity index (χ3v) is 7.62. The number of halogens is 2. The molecule has 0 fully saturated rings. The third-order valence-electron chi connectivity index (χ3n) is 5.89. The van der Waals surface area contributed by atoms with E-state index in [1.165, 1.54) is 9.78 Å². The molecule has 0 aliphatic heterocycles. The van der Waals surface area contributed by atoms with Crippen LogP contribution in [0.3, 0.4) is 0 Å². The topological polar surface area (TPSA) is 71.1 Å². The summed E-state index contributed by atoms with van der Waals surface area (Å²) in [5, 5.41) is 3.57. The normalized spacial score (nSPS) is 10.7. The van der Waals surface area contributed by atoms with Crippen molar-refractivity contribution in [2.24, 2.45) is 0 Å². The minimum Gasteiger partial charge on any atom is -0.493 e. The predicted molar refractivity (Wildman–Crippen MR) is 155 cm³/mol. The molecule has 3 aromatic rings. The van der Waals surface area contributed by atoms with Gasteiger partial charge >= 0.3 is 6.03 Å². The number of benzene rings is 2. The lowest BCUT2D eigenvalue weighted by molar-refractivity contribution is -0.132. The number of hydrogen-bond acceptors (Lipinski definition) is 5. The van der Waals surface area contributed by atoms with Crippen LogP contribution in [-0.4, -0.2) is 55.6 Å². The molecule has 1 heterocycles. The number of rotatable bonds is 12. The second-order valence-electron chi connectivity index (χ2n) is 8.75. The summed E-state index contributed by atoms with van der Waals surface area (Å²) >= 11 is 13.7. The van der Waals surface area contributed by atoms with Crippen molar-refractivity contribution in [2.45, 2.75) is 33.2 Å².